The van der Waals surface area contributed by atoms with Crippen LogP contribution >= 0.6 is 0 Å². The van der Waals surface area contributed by atoms with Gasteiger partial charge in [-0.3, -0.25) is 0 Å². The van der Waals surface area contributed by atoms with Crippen molar-refractivity contribution in [2.45, 2.75) is 12.5 Å². The first-order valence-corrected chi connectivity index (χ1v) is 4.41. The Morgan fingerprint density at radius 3 is 2.64 bits per heavy atom. The van der Waals surface area contributed by atoms with Crippen LogP contribution in [0.15, 0.2) is 24.3 Å². The summed E-state index contributed by atoms with van der Waals surface area (Å²) in [7, 11) is 0. The normalized spacial score (nSPS) is 57.4. The van der Waals surface area contributed by atoms with E-state index in [2.05, 4.69) is 24.3 Å². The highest BCUT2D eigenvalue weighted by Crippen LogP contribution is 2.52. The average molecular weight is 148 g/mol. The smallest absolute Gasteiger partial charge is 0.0674 e. The molecule has 3 aliphatic carbocycles. The van der Waals surface area contributed by atoms with E-state index in [4.69, 9.17) is 0 Å². The summed E-state index contributed by atoms with van der Waals surface area (Å²) in [5.74, 6) is 2.32. The Morgan fingerprint density at radius 1 is 1.00 bits per heavy atom. The van der Waals surface area contributed by atoms with Crippen LogP contribution in [0.2, 0.25) is 0 Å². The largest absolute Gasteiger partial charge is 0.392 e. The molecule has 0 spiro atoms. The Kier molecular flexibility index (Phi) is 0.972. The highest BCUT2D eigenvalue weighted by Gasteiger charge is 2.50. The maximum atomic E-state index is 9.74. The molecule has 0 aromatic rings. The third-order valence-electron chi connectivity index (χ3n) is 3.54. The Balaban J connectivity index is 2.04. The van der Waals surface area contributed by atoms with Crippen LogP contribution in [0.4, 0.5) is 0 Å². The molecule has 1 nitrogen and oxygen atoms in total. The van der Waals surface area contributed by atoms with Crippen molar-refractivity contribution in [2.24, 2.45) is 23.7 Å². The number of aliphatic hydroxyl groups is 1. The van der Waals surface area contributed by atoms with Crippen molar-refractivity contribution in [3.8, 4) is 0 Å². The van der Waals surface area contributed by atoms with Gasteiger partial charge in [0.2, 0.25) is 0 Å². The van der Waals surface area contributed by atoms with Crippen LogP contribution in [0.1, 0.15) is 6.42 Å². The van der Waals surface area contributed by atoms with E-state index in [1.54, 1.807) is 0 Å². The summed E-state index contributed by atoms with van der Waals surface area (Å²) >= 11 is 0. The summed E-state index contributed by atoms with van der Waals surface area (Å²) in [6, 6.07) is 0. The van der Waals surface area contributed by atoms with Crippen LogP contribution in [0, 0.1) is 23.7 Å². The number of rotatable bonds is 0. The number of hydrogen-bond acceptors (Lipinski definition) is 1. The third-order valence-corrected chi connectivity index (χ3v) is 3.54. The number of aliphatic hydroxyl groups excluding tert-OH is 1. The van der Waals surface area contributed by atoms with Crippen molar-refractivity contribution in [2.75, 3.05) is 0 Å². The number of hydrogen-bond donors (Lipinski definition) is 1. The van der Waals surface area contributed by atoms with Gasteiger partial charge in [-0.25, -0.2) is 0 Å². The van der Waals surface area contributed by atoms with Gasteiger partial charge in [-0.05, 0) is 18.3 Å². The van der Waals surface area contributed by atoms with Gasteiger partial charge >= 0.3 is 0 Å². The van der Waals surface area contributed by atoms with E-state index in [9.17, 15) is 5.11 Å². The molecule has 5 atom stereocenters. The first-order chi connectivity index (χ1) is 5.38. The molecule has 1 saturated carbocycles. The van der Waals surface area contributed by atoms with Crippen molar-refractivity contribution in [1.29, 1.82) is 0 Å². The van der Waals surface area contributed by atoms with Crippen LogP contribution in [-0.4, -0.2) is 11.2 Å². The lowest BCUT2D eigenvalue weighted by atomic mass is 9.86. The topological polar surface area (TPSA) is 20.2 Å². The minimum atomic E-state index is -0.0602. The molecule has 3 aliphatic rings. The molecule has 1 fully saturated rings. The van der Waals surface area contributed by atoms with Gasteiger partial charge < -0.3 is 5.11 Å². The van der Waals surface area contributed by atoms with E-state index in [0.717, 1.165) is 5.92 Å². The monoisotopic (exact) mass is 148 g/mol. The van der Waals surface area contributed by atoms with Gasteiger partial charge in [0.15, 0.2) is 0 Å². The van der Waals surface area contributed by atoms with E-state index in [1.807, 2.05) is 0 Å². The highest BCUT2D eigenvalue weighted by atomic mass is 16.3. The van der Waals surface area contributed by atoms with Gasteiger partial charge in [-0.1, -0.05) is 24.3 Å². The molecule has 0 aromatic heterocycles. The standard InChI is InChI=1S/C10H12O/c11-10-8-4-5-9(10)7-3-1-2-6(7)8/h1-2,4-11H,3H2/t6-,7+,8-,9+,10+/m1/s1. The SMILES string of the molecule is O[C@@H]1[C@H]2C=C[C@@H]1[C@@H]1C=CC[C@H]21. The van der Waals surface area contributed by atoms with Crippen molar-refractivity contribution < 1.29 is 5.11 Å². The zero-order valence-electron chi connectivity index (χ0n) is 6.35. The van der Waals surface area contributed by atoms with Crippen molar-refractivity contribution in [3.63, 3.8) is 0 Å². The van der Waals surface area contributed by atoms with Crippen molar-refractivity contribution in [1.82, 2.24) is 0 Å². The highest BCUT2D eigenvalue weighted by molar-refractivity contribution is 5.25. The average Bonchev–Trinajstić information content (AvgIpc) is 2.61. The summed E-state index contributed by atoms with van der Waals surface area (Å²) in [5.41, 5.74) is 0. The fourth-order valence-electron chi connectivity index (χ4n) is 3.01. The molecule has 0 amide bonds. The lowest BCUT2D eigenvalue weighted by Gasteiger charge is -2.18. The van der Waals surface area contributed by atoms with Crippen LogP contribution in [0.3, 0.4) is 0 Å². The van der Waals surface area contributed by atoms with Gasteiger partial charge in [0, 0.05) is 11.8 Å². The van der Waals surface area contributed by atoms with Crippen LogP contribution in [0.5, 0.6) is 0 Å². The lowest BCUT2D eigenvalue weighted by molar-refractivity contribution is 0.128. The van der Waals surface area contributed by atoms with Crippen LogP contribution in [-0.2, 0) is 0 Å². The predicted octanol–water partition coefficient (Wildman–Crippen LogP) is 1.36. The van der Waals surface area contributed by atoms with E-state index >= 15 is 0 Å². The zero-order valence-corrected chi connectivity index (χ0v) is 6.35. The Labute approximate surface area is 66.4 Å². The molecule has 1 N–H and O–H groups in total. The van der Waals surface area contributed by atoms with Gasteiger partial charge in [0.25, 0.3) is 0 Å². The van der Waals surface area contributed by atoms with E-state index in [-0.39, 0.29) is 6.10 Å². The molecule has 1 heteroatoms. The molecule has 0 heterocycles. The molecule has 0 aliphatic heterocycles. The summed E-state index contributed by atoms with van der Waals surface area (Å²) in [5, 5.41) is 9.74. The zero-order chi connectivity index (χ0) is 7.42. The summed E-state index contributed by atoms with van der Waals surface area (Å²) in [4.78, 5) is 0. The molecule has 3 rings (SSSR count). The van der Waals surface area contributed by atoms with Crippen LogP contribution < -0.4 is 0 Å². The molecule has 0 saturated heterocycles. The molecular formula is C10H12O. The Hall–Kier alpha value is -0.560. The van der Waals surface area contributed by atoms with Crippen molar-refractivity contribution >= 4 is 0 Å². The van der Waals surface area contributed by atoms with E-state index < -0.39 is 0 Å². The summed E-state index contributed by atoms with van der Waals surface area (Å²) in [6.45, 7) is 0. The van der Waals surface area contributed by atoms with Gasteiger partial charge in [-0.2, -0.15) is 0 Å². The predicted molar refractivity (Wildman–Crippen MR) is 42.9 cm³/mol. The fourth-order valence-corrected chi connectivity index (χ4v) is 3.01. The Bertz CT molecular complexity index is 241. The minimum Gasteiger partial charge on any atom is -0.392 e. The maximum Gasteiger partial charge on any atom is 0.0674 e. The second-order valence-corrected chi connectivity index (χ2v) is 3.94. The van der Waals surface area contributed by atoms with E-state index in [1.165, 1.54) is 6.42 Å². The third kappa shape index (κ3) is 0.564. The molecular weight excluding hydrogens is 136 g/mol. The molecule has 11 heavy (non-hydrogen) atoms. The van der Waals surface area contributed by atoms with Gasteiger partial charge in [-0.15, -0.1) is 0 Å². The van der Waals surface area contributed by atoms with Gasteiger partial charge in [0.1, 0.15) is 0 Å². The van der Waals surface area contributed by atoms with Crippen molar-refractivity contribution in [3.05, 3.63) is 24.3 Å². The lowest BCUT2D eigenvalue weighted by Crippen LogP contribution is -2.15. The first kappa shape index (κ1) is 6.01. The van der Waals surface area contributed by atoms with Crippen LogP contribution in [0.25, 0.3) is 0 Å². The molecule has 0 aromatic carbocycles. The molecule has 0 unspecified atom stereocenters. The Morgan fingerprint density at radius 2 is 1.82 bits per heavy atom. The molecule has 58 valence electrons. The number of allylic oxidation sites excluding steroid dienone is 2. The van der Waals surface area contributed by atoms with Gasteiger partial charge in [0.05, 0.1) is 6.10 Å². The summed E-state index contributed by atoms with van der Waals surface area (Å²) < 4.78 is 0. The van der Waals surface area contributed by atoms with E-state index in [0.29, 0.717) is 17.8 Å². The summed E-state index contributed by atoms with van der Waals surface area (Å²) in [6.07, 6.45) is 10.1. The molecule has 0 radical (unpaired) electrons. The molecule has 2 bridgehead atoms. The second kappa shape index (κ2) is 1.78. The number of fused-ring (bicyclic) bond motifs is 5. The fraction of sp³-hybridized carbons (Fsp3) is 0.600. The first-order valence-electron chi connectivity index (χ1n) is 4.41. The second-order valence-electron chi connectivity index (χ2n) is 3.94. The maximum absolute atomic E-state index is 9.74. The minimum absolute atomic E-state index is 0.0602. The quantitative estimate of drug-likeness (QED) is 0.514.